The molecule has 100 valence electrons. The van der Waals surface area contributed by atoms with Gasteiger partial charge in [-0.3, -0.25) is 10.1 Å². The maximum atomic E-state index is 13.1. The van der Waals surface area contributed by atoms with E-state index < -0.39 is 42.1 Å². The molecule has 5 nitrogen and oxygen atoms in total. The van der Waals surface area contributed by atoms with Gasteiger partial charge >= 0.3 is 6.18 Å². The van der Waals surface area contributed by atoms with Crippen LogP contribution in [0.3, 0.4) is 0 Å². The summed E-state index contributed by atoms with van der Waals surface area (Å²) in [5, 5.41) is 10.4. The van der Waals surface area contributed by atoms with Crippen LogP contribution in [0.4, 0.5) is 23.2 Å². The number of nitrogens with zero attached hydrogens (tertiary/aromatic N) is 1. The lowest BCUT2D eigenvalue weighted by Crippen LogP contribution is -2.11. The number of hydrogen-bond acceptors (Lipinski definition) is 4. The molecular formula is C7H2ClF4NO4S. The predicted molar refractivity (Wildman–Crippen MR) is 51.1 cm³/mol. The van der Waals surface area contributed by atoms with E-state index in [-0.39, 0.29) is 12.1 Å². The Morgan fingerprint density at radius 2 is 1.78 bits per heavy atom. The highest BCUT2D eigenvalue weighted by atomic mass is 35.7. The number of rotatable bonds is 2. The SMILES string of the molecule is O=[N+]([O-])c1cc(S(=O)(=O)Cl)c(F)cc1C(F)(F)F. The normalized spacial score (nSPS) is 12.5. The fourth-order valence-corrected chi connectivity index (χ4v) is 2.01. The van der Waals surface area contributed by atoms with Gasteiger partial charge in [-0.1, -0.05) is 0 Å². The number of hydrogen-bond donors (Lipinski definition) is 0. The average molecular weight is 308 g/mol. The summed E-state index contributed by atoms with van der Waals surface area (Å²) >= 11 is 0. The Bertz CT molecular complexity index is 613. The summed E-state index contributed by atoms with van der Waals surface area (Å²) in [6, 6.07) is -0.353. The van der Waals surface area contributed by atoms with E-state index >= 15 is 0 Å². The first-order chi connectivity index (χ1) is 7.94. The Balaban J connectivity index is 3.71. The molecule has 1 aromatic rings. The van der Waals surface area contributed by atoms with E-state index in [1.165, 1.54) is 0 Å². The molecule has 0 saturated carbocycles. The van der Waals surface area contributed by atoms with Gasteiger partial charge in [-0.25, -0.2) is 12.8 Å². The van der Waals surface area contributed by atoms with Crippen LogP contribution >= 0.6 is 10.7 Å². The highest BCUT2D eigenvalue weighted by molar-refractivity contribution is 8.13. The van der Waals surface area contributed by atoms with Gasteiger partial charge in [0.15, 0.2) is 0 Å². The number of benzene rings is 1. The number of halogens is 5. The molecular weight excluding hydrogens is 306 g/mol. The van der Waals surface area contributed by atoms with Gasteiger partial charge in [0.1, 0.15) is 16.3 Å². The van der Waals surface area contributed by atoms with Crippen molar-refractivity contribution >= 4 is 25.4 Å². The van der Waals surface area contributed by atoms with Gasteiger partial charge in [0.25, 0.3) is 14.7 Å². The zero-order chi connectivity index (χ0) is 14.3. The molecule has 0 bridgehead atoms. The topological polar surface area (TPSA) is 77.3 Å². The molecule has 0 amide bonds. The Morgan fingerprint density at radius 1 is 1.28 bits per heavy atom. The average Bonchev–Trinajstić information content (AvgIpc) is 2.13. The molecule has 0 aliphatic carbocycles. The molecule has 0 aliphatic rings. The van der Waals surface area contributed by atoms with Gasteiger partial charge in [-0.15, -0.1) is 0 Å². The van der Waals surface area contributed by atoms with Gasteiger partial charge < -0.3 is 0 Å². The number of nitro groups is 1. The van der Waals surface area contributed by atoms with Crippen LogP contribution in [0.25, 0.3) is 0 Å². The fraction of sp³-hybridized carbons (Fsp3) is 0.143. The fourth-order valence-electron chi connectivity index (χ4n) is 1.11. The third kappa shape index (κ3) is 2.88. The molecule has 0 spiro atoms. The van der Waals surface area contributed by atoms with Gasteiger partial charge in [-0.2, -0.15) is 13.2 Å². The predicted octanol–water partition coefficient (Wildman–Crippen LogP) is 2.68. The third-order valence-corrected chi connectivity index (χ3v) is 3.15. The molecule has 0 aliphatic heterocycles. The first-order valence-electron chi connectivity index (χ1n) is 3.94. The lowest BCUT2D eigenvalue weighted by atomic mass is 10.1. The highest BCUT2D eigenvalue weighted by Crippen LogP contribution is 2.38. The monoisotopic (exact) mass is 307 g/mol. The standard InChI is InChI=1S/C7H2ClF4NO4S/c8-18(16,17)6-2-5(13(14)15)3(1-4(6)9)7(10,11)12/h1-2H. The van der Waals surface area contributed by atoms with Crippen LogP contribution in [0, 0.1) is 15.9 Å². The first-order valence-corrected chi connectivity index (χ1v) is 6.25. The second-order valence-electron chi connectivity index (χ2n) is 2.99. The van der Waals surface area contributed by atoms with E-state index in [1.54, 1.807) is 0 Å². The van der Waals surface area contributed by atoms with Crippen LogP contribution in [0.15, 0.2) is 17.0 Å². The minimum atomic E-state index is -5.20. The summed E-state index contributed by atoms with van der Waals surface area (Å²) in [6.45, 7) is 0. The Morgan fingerprint density at radius 3 is 2.11 bits per heavy atom. The van der Waals surface area contributed by atoms with Gasteiger partial charge in [0.2, 0.25) is 0 Å². The largest absolute Gasteiger partial charge is 0.423 e. The maximum Gasteiger partial charge on any atom is 0.423 e. The van der Waals surface area contributed by atoms with Gasteiger partial charge in [-0.05, 0) is 6.07 Å². The second-order valence-corrected chi connectivity index (χ2v) is 5.53. The number of nitro benzene ring substituents is 1. The van der Waals surface area contributed by atoms with Gasteiger partial charge in [0, 0.05) is 16.7 Å². The van der Waals surface area contributed by atoms with Crippen LogP contribution in [0.1, 0.15) is 5.56 Å². The minimum Gasteiger partial charge on any atom is -0.258 e. The van der Waals surface area contributed by atoms with E-state index in [0.717, 1.165) is 0 Å². The molecule has 0 fully saturated rings. The van der Waals surface area contributed by atoms with E-state index in [2.05, 4.69) is 0 Å². The lowest BCUT2D eigenvalue weighted by Gasteiger charge is -2.08. The molecule has 0 saturated heterocycles. The summed E-state index contributed by atoms with van der Waals surface area (Å²) < 4.78 is 71.8. The van der Waals surface area contributed by atoms with Crippen molar-refractivity contribution in [1.29, 1.82) is 0 Å². The Hall–Kier alpha value is -1.42. The molecule has 0 atom stereocenters. The number of alkyl halides is 3. The molecule has 0 radical (unpaired) electrons. The van der Waals surface area contributed by atoms with Crippen molar-refractivity contribution in [2.45, 2.75) is 11.1 Å². The van der Waals surface area contributed by atoms with E-state index in [4.69, 9.17) is 10.7 Å². The summed E-state index contributed by atoms with van der Waals surface area (Å²) in [6.07, 6.45) is -5.20. The van der Waals surface area contributed by atoms with Crippen LogP contribution < -0.4 is 0 Å². The molecule has 0 aromatic heterocycles. The minimum absolute atomic E-state index is 0.0690. The molecule has 0 unspecified atom stereocenters. The summed E-state index contributed by atoms with van der Waals surface area (Å²) in [7, 11) is 0.00913. The quantitative estimate of drug-likeness (QED) is 0.364. The van der Waals surface area contributed by atoms with Crippen molar-refractivity contribution in [2.75, 3.05) is 0 Å². The summed E-state index contributed by atoms with van der Waals surface area (Å²) in [5.41, 5.74) is -3.49. The van der Waals surface area contributed by atoms with Crippen LogP contribution in [0.5, 0.6) is 0 Å². The van der Waals surface area contributed by atoms with Crippen molar-refractivity contribution in [3.05, 3.63) is 33.6 Å². The van der Waals surface area contributed by atoms with Crippen LogP contribution in [0.2, 0.25) is 0 Å². The lowest BCUT2D eigenvalue weighted by molar-refractivity contribution is -0.388. The van der Waals surface area contributed by atoms with Crippen molar-refractivity contribution in [2.24, 2.45) is 0 Å². The molecule has 0 heterocycles. The molecule has 11 heteroatoms. The van der Waals surface area contributed by atoms with Crippen molar-refractivity contribution in [1.82, 2.24) is 0 Å². The molecule has 18 heavy (non-hydrogen) atoms. The smallest absolute Gasteiger partial charge is 0.258 e. The van der Waals surface area contributed by atoms with E-state index in [1.807, 2.05) is 0 Å². The van der Waals surface area contributed by atoms with Crippen LogP contribution in [-0.2, 0) is 15.2 Å². The van der Waals surface area contributed by atoms with Crippen molar-refractivity contribution in [3.63, 3.8) is 0 Å². The third-order valence-electron chi connectivity index (χ3n) is 1.81. The first kappa shape index (κ1) is 14.6. The van der Waals surface area contributed by atoms with Crippen molar-refractivity contribution in [3.8, 4) is 0 Å². The molecule has 1 rings (SSSR count). The molecule has 0 N–H and O–H groups in total. The van der Waals surface area contributed by atoms with Crippen molar-refractivity contribution < 1.29 is 30.9 Å². The summed E-state index contributed by atoms with van der Waals surface area (Å²) in [4.78, 5) is 7.54. The Kier molecular flexibility index (Phi) is 3.54. The van der Waals surface area contributed by atoms with Gasteiger partial charge in [0.05, 0.1) is 4.92 Å². The second kappa shape index (κ2) is 4.35. The van der Waals surface area contributed by atoms with E-state index in [9.17, 15) is 36.1 Å². The maximum absolute atomic E-state index is 13.1. The molecule has 1 aromatic carbocycles. The Labute approximate surface area is 102 Å². The zero-order valence-corrected chi connectivity index (χ0v) is 9.61. The van der Waals surface area contributed by atoms with Crippen LogP contribution in [-0.4, -0.2) is 13.3 Å². The zero-order valence-electron chi connectivity index (χ0n) is 8.03. The van der Waals surface area contributed by atoms with E-state index in [0.29, 0.717) is 0 Å². The summed E-state index contributed by atoms with van der Waals surface area (Å²) in [5.74, 6) is -1.82. The highest BCUT2D eigenvalue weighted by Gasteiger charge is 2.40.